The van der Waals surface area contributed by atoms with E-state index in [-0.39, 0.29) is 6.03 Å². The van der Waals surface area contributed by atoms with E-state index in [1.807, 2.05) is 54.6 Å². The van der Waals surface area contributed by atoms with Crippen molar-refractivity contribution < 1.29 is 14.3 Å². The van der Waals surface area contributed by atoms with E-state index < -0.39 is 0 Å². The Balaban J connectivity index is 1.33. The zero-order valence-electron chi connectivity index (χ0n) is 19.4. The third-order valence-corrected chi connectivity index (χ3v) is 5.83. The maximum absolute atomic E-state index is 12.5. The van der Waals surface area contributed by atoms with E-state index in [4.69, 9.17) is 9.47 Å². The van der Waals surface area contributed by atoms with Crippen LogP contribution in [-0.4, -0.2) is 38.7 Å². The molecule has 1 aliphatic rings. The Morgan fingerprint density at radius 2 is 1.64 bits per heavy atom. The minimum atomic E-state index is -0.269. The maximum atomic E-state index is 12.5. The average Bonchev–Trinajstić information content (AvgIpc) is 2.80. The van der Waals surface area contributed by atoms with Crippen LogP contribution in [0.1, 0.15) is 17.5 Å². The van der Waals surface area contributed by atoms with Crippen molar-refractivity contribution in [3.8, 4) is 17.2 Å². The summed E-state index contributed by atoms with van der Waals surface area (Å²) >= 11 is 0. The van der Waals surface area contributed by atoms with Crippen LogP contribution in [-0.2, 0) is 12.8 Å². The lowest BCUT2D eigenvalue weighted by molar-refractivity contribution is 0.262. The zero-order chi connectivity index (χ0) is 23.2. The third-order valence-electron chi connectivity index (χ3n) is 5.83. The fourth-order valence-electron chi connectivity index (χ4n) is 4.31. The van der Waals surface area contributed by atoms with Crippen molar-refractivity contribution in [2.24, 2.45) is 5.92 Å². The van der Waals surface area contributed by atoms with Crippen molar-refractivity contribution in [3.63, 3.8) is 0 Å². The Bertz CT molecular complexity index is 1100. The first-order chi connectivity index (χ1) is 16.0. The summed E-state index contributed by atoms with van der Waals surface area (Å²) in [7, 11) is 5.86. The minimum Gasteiger partial charge on any atom is -0.493 e. The number of ether oxygens (including phenoxy) is 2. The maximum Gasteiger partial charge on any atom is 0.323 e. The second kappa shape index (κ2) is 10.4. The Kier molecular flexibility index (Phi) is 7.15. The lowest BCUT2D eigenvalue weighted by Gasteiger charge is -2.27. The van der Waals surface area contributed by atoms with Crippen LogP contribution in [0.2, 0.25) is 0 Å². The fourth-order valence-corrected chi connectivity index (χ4v) is 4.31. The van der Waals surface area contributed by atoms with Gasteiger partial charge in [-0.15, -0.1) is 0 Å². The number of hydrogen-bond donors (Lipinski definition) is 2. The summed E-state index contributed by atoms with van der Waals surface area (Å²) in [5.74, 6) is 2.66. The van der Waals surface area contributed by atoms with Crippen LogP contribution in [0.25, 0.3) is 0 Å². The van der Waals surface area contributed by atoms with Gasteiger partial charge in [0.1, 0.15) is 5.75 Å². The normalized spacial score (nSPS) is 15.0. The van der Waals surface area contributed by atoms with Gasteiger partial charge in [-0.25, -0.2) is 4.79 Å². The topological polar surface area (TPSA) is 62.8 Å². The number of urea groups is 1. The molecule has 0 radical (unpaired) electrons. The quantitative estimate of drug-likeness (QED) is 0.483. The molecule has 0 bridgehead atoms. The number of nitrogens with zero attached hydrogens (tertiary/aromatic N) is 1. The summed E-state index contributed by atoms with van der Waals surface area (Å²) < 4.78 is 11.2. The van der Waals surface area contributed by atoms with Crippen LogP contribution in [0.15, 0.2) is 66.7 Å². The van der Waals surface area contributed by atoms with Crippen LogP contribution in [0.3, 0.4) is 0 Å². The van der Waals surface area contributed by atoms with Crippen molar-refractivity contribution in [1.82, 2.24) is 4.90 Å². The van der Waals surface area contributed by atoms with Crippen molar-refractivity contribution in [1.29, 1.82) is 0 Å². The van der Waals surface area contributed by atoms with Gasteiger partial charge in [-0.2, -0.15) is 0 Å². The monoisotopic (exact) mass is 445 g/mol. The number of carbonyl (C=O) groups is 1. The Hall–Kier alpha value is -3.51. The molecule has 4 rings (SSSR count). The van der Waals surface area contributed by atoms with E-state index in [2.05, 4.69) is 41.8 Å². The molecule has 3 aromatic carbocycles. The van der Waals surface area contributed by atoms with Gasteiger partial charge >= 0.3 is 6.03 Å². The standard InChI is InChI=1S/C27H31N3O3/c1-30(2)18-19-8-9-21-17-23(11-10-20(21)16-19)29-27(31)28-22-12-14-24(15-13-22)33-26-7-5-4-6-25(26)32-3/h4-7,10-15,17,19H,8-9,16,18H2,1-3H3,(H2,28,29,31). The number of nitrogens with one attached hydrogen (secondary N) is 2. The van der Waals surface area contributed by atoms with Gasteiger partial charge in [-0.05, 0) is 98.9 Å². The lowest BCUT2D eigenvalue weighted by Crippen LogP contribution is -2.26. The molecule has 2 N–H and O–H groups in total. The Morgan fingerprint density at radius 1 is 0.939 bits per heavy atom. The Labute approximate surface area is 195 Å². The van der Waals surface area contributed by atoms with E-state index in [9.17, 15) is 4.79 Å². The number of rotatable bonds is 7. The summed E-state index contributed by atoms with van der Waals surface area (Å²) in [6, 6.07) is 20.7. The highest BCUT2D eigenvalue weighted by Crippen LogP contribution is 2.31. The molecule has 0 heterocycles. The van der Waals surface area contributed by atoms with Crippen LogP contribution in [0.4, 0.5) is 16.2 Å². The molecule has 0 spiro atoms. The molecule has 0 saturated carbocycles. The van der Waals surface area contributed by atoms with Gasteiger partial charge in [0.05, 0.1) is 7.11 Å². The van der Waals surface area contributed by atoms with Crippen LogP contribution in [0.5, 0.6) is 17.2 Å². The molecule has 2 amide bonds. The molecule has 0 aliphatic heterocycles. The molecule has 1 atom stereocenters. The highest BCUT2D eigenvalue weighted by atomic mass is 16.5. The van der Waals surface area contributed by atoms with E-state index in [1.54, 1.807) is 7.11 Å². The first-order valence-electron chi connectivity index (χ1n) is 11.3. The predicted molar refractivity (Wildman–Crippen MR) is 133 cm³/mol. The van der Waals surface area contributed by atoms with Crippen LogP contribution < -0.4 is 20.1 Å². The average molecular weight is 446 g/mol. The second-order valence-electron chi connectivity index (χ2n) is 8.71. The fraction of sp³-hybridized carbons (Fsp3) is 0.296. The largest absolute Gasteiger partial charge is 0.493 e. The first-order valence-corrected chi connectivity index (χ1v) is 11.3. The zero-order valence-corrected chi connectivity index (χ0v) is 19.4. The van der Waals surface area contributed by atoms with Gasteiger partial charge in [0.2, 0.25) is 0 Å². The van der Waals surface area contributed by atoms with Gasteiger partial charge < -0.3 is 25.0 Å². The van der Waals surface area contributed by atoms with E-state index in [1.165, 1.54) is 17.5 Å². The summed E-state index contributed by atoms with van der Waals surface area (Å²) in [5.41, 5.74) is 4.23. The number of hydrogen-bond acceptors (Lipinski definition) is 4. The van der Waals surface area contributed by atoms with E-state index in [0.717, 1.165) is 25.1 Å². The van der Waals surface area contributed by atoms with E-state index >= 15 is 0 Å². The summed E-state index contributed by atoms with van der Waals surface area (Å²) in [6.07, 6.45) is 3.34. The Morgan fingerprint density at radius 3 is 2.36 bits per heavy atom. The van der Waals surface area contributed by atoms with Crippen molar-refractivity contribution >= 4 is 17.4 Å². The number of anilines is 2. The minimum absolute atomic E-state index is 0.269. The van der Waals surface area contributed by atoms with Crippen LogP contribution in [0, 0.1) is 5.92 Å². The van der Waals surface area contributed by atoms with E-state index in [0.29, 0.717) is 28.9 Å². The summed E-state index contributed by atoms with van der Waals surface area (Å²) in [4.78, 5) is 14.8. The molecule has 33 heavy (non-hydrogen) atoms. The highest BCUT2D eigenvalue weighted by Gasteiger charge is 2.19. The van der Waals surface area contributed by atoms with Gasteiger partial charge in [0.25, 0.3) is 0 Å². The van der Waals surface area contributed by atoms with Gasteiger partial charge in [0, 0.05) is 17.9 Å². The molecular weight excluding hydrogens is 414 g/mol. The number of methoxy groups -OCH3 is 1. The number of aryl methyl sites for hydroxylation is 1. The molecule has 0 fully saturated rings. The van der Waals surface area contributed by atoms with Crippen molar-refractivity contribution in [2.45, 2.75) is 19.3 Å². The molecular formula is C27H31N3O3. The van der Waals surface area contributed by atoms with Crippen molar-refractivity contribution in [3.05, 3.63) is 77.9 Å². The number of benzene rings is 3. The number of fused-ring (bicyclic) bond motifs is 1. The molecule has 1 aliphatic carbocycles. The predicted octanol–water partition coefficient (Wildman–Crippen LogP) is 5.80. The molecule has 3 aromatic rings. The smallest absolute Gasteiger partial charge is 0.323 e. The number of carbonyl (C=O) groups excluding carboxylic acids is 1. The number of amides is 2. The molecule has 0 aromatic heterocycles. The summed E-state index contributed by atoms with van der Waals surface area (Å²) in [6.45, 7) is 1.12. The van der Waals surface area contributed by atoms with Gasteiger partial charge in [-0.1, -0.05) is 18.2 Å². The number of para-hydroxylation sites is 2. The molecule has 6 nitrogen and oxygen atoms in total. The molecule has 172 valence electrons. The first kappa shape index (κ1) is 22.7. The SMILES string of the molecule is COc1ccccc1Oc1ccc(NC(=O)Nc2ccc3c(c2)CCC(CN(C)C)C3)cc1. The summed E-state index contributed by atoms with van der Waals surface area (Å²) in [5, 5.41) is 5.82. The van der Waals surface area contributed by atoms with Crippen molar-refractivity contribution in [2.75, 3.05) is 38.4 Å². The highest BCUT2D eigenvalue weighted by molar-refractivity contribution is 5.99. The second-order valence-corrected chi connectivity index (χ2v) is 8.71. The van der Waals surface area contributed by atoms with Gasteiger partial charge in [0.15, 0.2) is 11.5 Å². The molecule has 6 heteroatoms. The lowest BCUT2D eigenvalue weighted by atomic mass is 9.83. The van der Waals surface area contributed by atoms with Crippen LogP contribution >= 0.6 is 0 Å². The van der Waals surface area contributed by atoms with Gasteiger partial charge in [-0.3, -0.25) is 0 Å². The molecule has 0 saturated heterocycles. The molecule has 1 unspecified atom stereocenters. The third kappa shape index (κ3) is 6.05.